The summed E-state index contributed by atoms with van der Waals surface area (Å²) in [7, 11) is 0. The summed E-state index contributed by atoms with van der Waals surface area (Å²) in [6, 6.07) is 7.07. The highest BCUT2D eigenvalue weighted by Crippen LogP contribution is 2.18. The van der Waals surface area contributed by atoms with Gasteiger partial charge in [-0.1, -0.05) is 17.3 Å². The third-order valence-electron chi connectivity index (χ3n) is 2.94. The highest BCUT2D eigenvalue weighted by Gasteiger charge is 2.13. The van der Waals surface area contributed by atoms with Crippen molar-refractivity contribution in [3.8, 4) is 5.75 Å². The number of nitrogens with one attached hydrogen (secondary N) is 1. The fraction of sp³-hybridized carbons (Fsp3) is 0.400. The highest BCUT2D eigenvalue weighted by molar-refractivity contribution is 5.96. The van der Waals surface area contributed by atoms with Crippen LogP contribution in [0.25, 0.3) is 0 Å². The molecule has 7 heteroatoms. The third-order valence-corrected chi connectivity index (χ3v) is 2.94. The zero-order valence-corrected chi connectivity index (χ0v) is 12.7. The summed E-state index contributed by atoms with van der Waals surface area (Å²) in [6.07, 6.45) is 0.719. The minimum atomic E-state index is -0.194. The Bertz CT molecular complexity index is 625. The number of hydrogen-bond donors (Lipinski definition) is 2. The van der Waals surface area contributed by atoms with E-state index in [1.54, 1.807) is 31.2 Å². The monoisotopic (exact) mass is 304 g/mol. The molecule has 0 fully saturated rings. The van der Waals surface area contributed by atoms with Gasteiger partial charge in [0.05, 0.1) is 5.56 Å². The molecule has 0 aliphatic carbocycles. The number of amides is 1. The first-order valence-corrected chi connectivity index (χ1v) is 7.11. The first-order chi connectivity index (χ1) is 10.6. The molecule has 0 aliphatic rings. The maximum Gasteiger partial charge on any atom is 0.255 e. The third kappa shape index (κ3) is 4.56. The van der Waals surface area contributed by atoms with Crippen LogP contribution in [0.15, 0.2) is 28.8 Å². The summed E-state index contributed by atoms with van der Waals surface area (Å²) in [6.45, 7) is 4.27. The molecule has 0 radical (unpaired) electrons. The summed E-state index contributed by atoms with van der Waals surface area (Å²) in [5.41, 5.74) is 6.13. The molecular weight excluding hydrogens is 284 g/mol. The van der Waals surface area contributed by atoms with E-state index in [2.05, 4.69) is 15.5 Å². The van der Waals surface area contributed by atoms with Crippen molar-refractivity contribution in [2.24, 2.45) is 5.73 Å². The van der Waals surface area contributed by atoms with Crippen molar-refractivity contribution >= 4 is 5.91 Å². The van der Waals surface area contributed by atoms with Gasteiger partial charge in [-0.3, -0.25) is 4.79 Å². The molecule has 0 spiro atoms. The minimum Gasteiger partial charge on any atom is -0.485 e. The maximum atomic E-state index is 12.2. The van der Waals surface area contributed by atoms with E-state index in [1.807, 2.05) is 6.92 Å². The van der Waals surface area contributed by atoms with E-state index in [-0.39, 0.29) is 18.6 Å². The van der Waals surface area contributed by atoms with Crippen molar-refractivity contribution in [1.29, 1.82) is 0 Å². The van der Waals surface area contributed by atoms with Crippen LogP contribution in [0.1, 0.15) is 35.4 Å². The van der Waals surface area contributed by atoms with E-state index in [0.29, 0.717) is 29.6 Å². The molecule has 0 saturated carbocycles. The van der Waals surface area contributed by atoms with Crippen molar-refractivity contribution in [3.63, 3.8) is 0 Å². The zero-order valence-electron chi connectivity index (χ0n) is 12.7. The van der Waals surface area contributed by atoms with Gasteiger partial charge in [-0.25, -0.2) is 0 Å². The fourth-order valence-corrected chi connectivity index (χ4v) is 1.83. The maximum absolute atomic E-state index is 12.2. The molecule has 7 nitrogen and oxygen atoms in total. The molecule has 0 aliphatic heterocycles. The van der Waals surface area contributed by atoms with E-state index in [9.17, 15) is 4.79 Å². The average Bonchev–Trinajstić information content (AvgIpc) is 2.90. The first-order valence-electron chi connectivity index (χ1n) is 7.11. The zero-order chi connectivity index (χ0) is 15.9. The number of nitrogens with two attached hydrogens (primary N) is 1. The Morgan fingerprint density at radius 3 is 2.91 bits per heavy atom. The number of para-hydroxylation sites is 1. The molecule has 1 aromatic heterocycles. The summed E-state index contributed by atoms with van der Waals surface area (Å²) < 4.78 is 10.5. The van der Waals surface area contributed by atoms with Crippen molar-refractivity contribution in [2.45, 2.75) is 32.9 Å². The number of ether oxygens (including phenoxy) is 1. The molecule has 0 saturated heterocycles. The predicted octanol–water partition coefficient (Wildman–Crippen LogP) is 1.42. The van der Waals surface area contributed by atoms with Crippen molar-refractivity contribution in [3.05, 3.63) is 41.5 Å². The van der Waals surface area contributed by atoms with Gasteiger partial charge in [-0.2, -0.15) is 4.98 Å². The largest absolute Gasteiger partial charge is 0.485 e. The van der Waals surface area contributed by atoms with Gasteiger partial charge in [-0.15, -0.1) is 0 Å². The van der Waals surface area contributed by atoms with Crippen molar-refractivity contribution < 1.29 is 14.1 Å². The second-order valence-corrected chi connectivity index (χ2v) is 5.04. The number of nitrogens with zero attached hydrogens (tertiary/aromatic N) is 2. The van der Waals surface area contributed by atoms with Crippen LogP contribution in [0.5, 0.6) is 5.75 Å². The topological polar surface area (TPSA) is 103 Å². The lowest BCUT2D eigenvalue weighted by atomic mass is 10.2. The number of carbonyl (C=O) groups excluding carboxylic acids is 1. The van der Waals surface area contributed by atoms with Crippen molar-refractivity contribution in [2.75, 3.05) is 6.54 Å². The van der Waals surface area contributed by atoms with E-state index >= 15 is 0 Å². The van der Waals surface area contributed by atoms with E-state index in [4.69, 9.17) is 15.0 Å². The molecular formula is C15H20N4O3. The fourth-order valence-electron chi connectivity index (χ4n) is 1.83. The lowest BCUT2D eigenvalue weighted by Gasteiger charge is -2.11. The van der Waals surface area contributed by atoms with Gasteiger partial charge in [0.1, 0.15) is 5.75 Å². The van der Waals surface area contributed by atoms with Crippen LogP contribution in [-0.4, -0.2) is 28.6 Å². The van der Waals surface area contributed by atoms with Gasteiger partial charge >= 0.3 is 0 Å². The number of aryl methyl sites for hydroxylation is 1. The summed E-state index contributed by atoms with van der Waals surface area (Å²) in [5.74, 6) is 1.19. The molecule has 1 amide bonds. The standard InChI is InChI=1S/C15H20N4O3/c1-10(16)7-8-17-15(20)12-5-3-4-6-13(12)21-9-14-18-11(2)22-19-14/h3-6,10H,7-9,16H2,1-2H3,(H,17,20). The Morgan fingerprint density at radius 1 is 1.45 bits per heavy atom. The first kappa shape index (κ1) is 16.0. The van der Waals surface area contributed by atoms with Crippen LogP contribution in [0.4, 0.5) is 0 Å². The molecule has 1 unspecified atom stereocenters. The molecule has 0 bridgehead atoms. The van der Waals surface area contributed by atoms with E-state index in [1.165, 1.54) is 0 Å². The minimum absolute atomic E-state index is 0.0493. The number of hydrogen-bond acceptors (Lipinski definition) is 6. The Kier molecular flexibility index (Phi) is 5.48. The number of benzene rings is 1. The van der Waals surface area contributed by atoms with Crippen LogP contribution in [0.2, 0.25) is 0 Å². The van der Waals surface area contributed by atoms with Crippen molar-refractivity contribution in [1.82, 2.24) is 15.5 Å². The molecule has 2 rings (SSSR count). The Hall–Kier alpha value is -2.41. The van der Waals surface area contributed by atoms with E-state index < -0.39 is 0 Å². The second kappa shape index (κ2) is 7.56. The Morgan fingerprint density at radius 2 is 2.23 bits per heavy atom. The molecule has 22 heavy (non-hydrogen) atoms. The highest BCUT2D eigenvalue weighted by atomic mass is 16.5. The van der Waals surface area contributed by atoms with E-state index in [0.717, 1.165) is 6.42 Å². The molecule has 2 aromatic rings. The van der Waals surface area contributed by atoms with Crippen LogP contribution in [-0.2, 0) is 6.61 Å². The second-order valence-electron chi connectivity index (χ2n) is 5.04. The summed E-state index contributed by atoms with van der Waals surface area (Å²) in [4.78, 5) is 16.2. The number of carbonyl (C=O) groups is 1. The van der Waals surface area contributed by atoms with Crippen LogP contribution >= 0.6 is 0 Å². The molecule has 118 valence electrons. The average molecular weight is 304 g/mol. The normalized spacial score (nSPS) is 12.0. The number of rotatable bonds is 7. The molecule has 1 atom stereocenters. The smallest absolute Gasteiger partial charge is 0.255 e. The Balaban J connectivity index is 1.98. The van der Waals surface area contributed by atoms with Gasteiger partial charge in [0, 0.05) is 19.5 Å². The van der Waals surface area contributed by atoms with Gasteiger partial charge in [-0.05, 0) is 25.5 Å². The van der Waals surface area contributed by atoms with Gasteiger partial charge in [0.25, 0.3) is 5.91 Å². The SMILES string of the molecule is Cc1nc(COc2ccccc2C(=O)NCCC(C)N)no1. The summed E-state index contributed by atoms with van der Waals surface area (Å²) in [5, 5.41) is 6.57. The van der Waals surface area contributed by atoms with Gasteiger partial charge < -0.3 is 20.3 Å². The van der Waals surface area contributed by atoms with Gasteiger partial charge in [0.2, 0.25) is 11.7 Å². The quantitative estimate of drug-likeness (QED) is 0.802. The predicted molar refractivity (Wildman–Crippen MR) is 80.4 cm³/mol. The Labute approximate surface area is 128 Å². The summed E-state index contributed by atoms with van der Waals surface area (Å²) >= 11 is 0. The lowest BCUT2D eigenvalue weighted by Crippen LogP contribution is -2.29. The molecule has 3 N–H and O–H groups in total. The van der Waals surface area contributed by atoms with Crippen LogP contribution in [0.3, 0.4) is 0 Å². The van der Waals surface area contributed by atoms with Gasteiger partial charge in [0.15, 0.2) is 6.61 Å². The number of aromatic nitrogens is 2. The lowest BCUT2D eigenvalue weighted by molar-refractivity contribution is 0.0948. The van der Waals surface area contributed by atoms with Crippen LogP contribution in [0, 0.1) is 6.92 Å². The molecule has 1 heterocycles. The van der Waals surface area contributed by atoms with Crippen LogP contribution < -0.4 is 15.8 Å². The molecule has 1 aromatic carbocycles.